The van der Waals surface area contributed by atoms with Crippen molar-refractivity contribution in [2.75, 3.05) is 0 Å². The van der Waals surface area contributed by atoms with E-state index in [0.717, 1.165) is 5.69 Å². The maximum Gasteiger partial charge on any atom is 0.135 e. The summed E-state index contributed by atoms with van der Waals surface area (Å²) in [5, 5.41) is 8.04. The molecule has 0 spiro atoms. The van der Waals surface area contributed by atoms with Gasteiger partial charge in [0.2, 0.25) is 0 Å². The van der Waals surface area contributed by atoms with Crippen LogP contribution in [-0.4, -0.2) is 15.0 Å². The average molecular weight is 179 g/mol. The maximum atomic E-state index is 5.79. The number of benzene rings is 1. The number of rotatable bonds is 1. The Hall–Kier alpha value is -1.35. The van der Waals surface area contributed by atoms with E-state index in [2.05, 4.69) is 16.5 Å². The van der Waals surface area contributed by atoms with Crippen molar-refractivity contribution in [3.63, 3.8) is 0 Å². The number of aromatic nitrogens is 3. The second-order valence-electron chi connectivity index (χ2n) is 2.27. The first kappa shape index (κ1) is 7.31. The van der Waals surface area contributed by atoms with Crippen molar-refractivity contribution in [1.29, 1.82) is 0 Å². The van der Waals surface area contributed by atoms with Gasteiger partial charge >= 0.3 is 0 Å². The van der Waals surface area contributed by atoms with Crippen LogP contribution in [0.3, 0.4) is 0 Å². The van der Waals surface area contributed by atoms with Crippen LogP contribution in [-0.2, 0) is 0 Å². The summed E-state index contributed by atoms with van der Waals surface area (Å²) in [4.78, 5) is 0. The van der Waals surface area contributed by atoms with Gasteiger partial charge in [-0.2, -0.15) is 0 Å². The van der Waals surface area contributed by atoms with E-state index < -0.39 is 0 Å². The number of halogens is 1. The molecule has 0 aliphatic heterocycles. The van der Waals surface area contributed by atoms with Crippen LogP contribution >= 0.6 is 11.6 Å². The highest BCUT2D eigenvalue weighted by molar-refractivity contribution is 6.30. The van der Waals surface area contributed by atoms with Crippen molar-refractivity contribution < 1.29 is 0 Å². The van der Waals surface area contributed by atoms with Crippen molar-refractivity contribution in [1.82, 2.24) is 15.0 Å². The largest absolute Gasteiger partial charge is 0.220 e. The van der Waals surface area contributed by atoms with Gasteiger partial charge in [-0.15, -0.1) is 5.10 Å². The van der Waals surface area contributed by atoms with Crippen molar-refractivity contribution in [3.8, 4) is 5.69 Å². The summed E-state index contributed by atoms with van der Waals surface area (Å²) in [7, 11) is 0. The van der Waals surface area contributed by atoms with Crippen LogP contribution in [0.5, 0.6) is 0 Å². The Morgan fingerprint density at radius 2 is 2.33 bits per heavy atom. The van der Waals surface area contributed by atoms with E-state index >= 15 is 0 Å². The van der Waals surface area contributed by atoms with E-state index in [1.807, 2.05) is 24.3 Å². The Morgan fingerprint density at radius 3 is 3.00 bits per heavy atom. The molecular formula is C8H5ClN3. The minimum atomic E-state index is 0.683. The Morgan fingerprint density at radius 1 is 1.42 bits per heavy atom. The summed E-state index contributed by atoms with van der Waals surface area (Å²) in [5.74, 6) is 0. The van der Waals surface area contributed by atoms with E-state index in [1.54, 1.807) is 10.9 Å². The van der Waals surface area contributed by atoms with E-state index in [0.29, 0.717) is 5.02 Å². The zero-order chi connectivity index (χ0) is 8.39. The molecule has 2 rings (SSSR count). The lowest BCUT2D eigenvalue weighted by Gasteiger charge is -1.98. The Balaban J connectivity index is 2.48. The Bertz CT molecular complexity index is 370. The van der Waals surface area contributed by atoms with Gasteiger partial charge in [0.05, 0.1) is 11.9 Å². The van der Waals surface area contributed by atoms with Crippen molar-refractivity contribution in [3.05, 3.63) is 41.7 Å². The van der Waals surface area contributed by atoms with Crippen molar-refractivity contribution in [2.45, 2.75) is 0 Å². The molecule has 0 saturated carbocycles. The fraction of sp³-hybridized carbons (Fsp3) is 0. The second-order valence-corrected chi connectivity index (χ2v) is 2.71. The second kappa shape index (κ2) is 2.95. The molecule has 59 valence electrons. The summed E-state index contributed by atoms with van der Waals surface area (Å²) >= 11 is 5.79. The molecule has 0 aliphatic carbocycles. The standard InChI is InChI=1S/C8H5ClN3/c9-7-2-1-3-8(6-7)12-5-4-10-11-12/h1-3,5-6H. The van der Waals surface area contributed by atoms with Gasteiger partial charge in [0.1, 0.15) is 6.20 Å². The van der Waals surface area contributed by atoms with Gasteiger partial charge in [-0.05, 0) is 18.2 Å². The summed E-state index contributed by atoms with van der Waals surface area (Å²) in [5.41, 5.74) is 0.885. The normalized spacial score (nSPS) is 10.1. The van der Waals surface area contributed by atoms with Crippen LogP contribution in [0.2, 0.25) is 5.02 Å². The number of hydrogen-bond acceptors (Lipinski definition) is 2. The first-order chi connectivity index (χ1) is 5.86. The van der Waals surface area contributed by atoms with Crippen LogP contribution < -0.4 is 0 Å². The molecule has 1 aromatic heterocycles. The third kappa shape index (κ3) is 1.31. The van der Waals surface area contributed by atoms with Gasteiger partial charge in [-0.25, -0.2) is 4.68 Å². The summed E-state index contributed by atoms with van der Waals surface area (Å²) in [6.07, 6.45) is 4.25. The molecule has 0 amide bonds. The monoisotopic (exact) mass is 178 g/mol. The van der Waals surface area contributed by atoms with Crippen molar-refractivity contribution >= 4 is 11.6 Å². The van der Waals surface area contributed by atoms with Crippen LogP contribution in [0, 0.1) is 6.20 Å². The summed E-state index contributed by atoms with van der Waals surface area (Å²) in [6, 6.07) is 7.38. The fourth-order valence-electron chi connectivity index (χ4n) is 0.925. The van der Waals surface area contributed by atoms with Crippen LogP contribution in [0.25, 0.3) is 5.69 Å². The Labute approximate surface area is 74.6 Å². The molecule has 0 saturated heterocycles. The van der Waals surface area contributed by atoms with Crippen LogP contribution in [0.1, 0.15) is 0 Å². The Kier molecular flexibility index (Phi) is 1.80. The molecule has 0 unspecified atom stereocenters. The average Bonchev–Trinajstić information content (AvgIpc) is 2.56. The molecule has 0 fully saturated rings. The maximum absolute atomic E-state index is 5.79. The number of hydrogen-bond donors (Lipinski definition) is 0. The van der Waals surface area contributed by atoms with Gasteiger partial charge in [-0.3, -0.25) is 0 Å². The first-order valence-corrected chi connectivity index (χ1v) is 3.78. The van der Waals surface area contributed by atoms with Gasteiger partial charge in [-0.1, -0.05) is 22.9 Å². The fourth-order valence-corrected chi connectivity index (χ4v) is 1.11. The minimum Gasteiger partial charge on any atom is -0.220 e. The lowest BCUT2D eigenvalue weighted by Crippen LogP contribution is -1.93. The lowest BCUT2D eigenvalue weighted by atomic mass is 10.3. The molecule has 0 bridgehead atoms. The minimum absolute atomic E-state index is 0.683. The molecular weight excluding hydrogens is 174 g/mol. The molecule has 0 N–H and O–H groups in total. The summed E-state index contributed by atoms with van der Waals surface area (Å²) in [6.45, 7) is 0. The van der Waals surface area contributed by atoms with Gasteiger partial charge in [0, 0.05) is 5.02 Å². The van der Waals surface area contributed by atoms with Crippen LogP contribution in [0.15, 0.2) is 30.5 Å². The molecule has 3 nitrogen and oxygen atoms in total. The zero-order valence-electron chi connectivity index (χ0n) is 6.11. The highest BCUT2D eigenvalue weighted by atomic mass is 35.5. The predicted octanol–water partition coefficient (Wildman–Crippen LogP) is 1.72. The SMILES string of the molecule is Clc1cccc(-n2c[c]nn2)c1. The molecule has 1 heterocycles. The smallest absolute Gasteiger partial charge is 0.135 e. The van der Waals surface area contributed by atoms with Crippen LogP contribution in [0.4, 0.5) is 0 Å². The zero-order valence-corrected chi connectivity index (χ0v) is 6.86. The summed E-state index contributed by atoms with van der Waals surface area (Å²) < 4.78 is 1.60. The highest BCUT2D eigenvalue weighted by Gasteiger charge is 1.96. The quantitative estimate of drug-likeness (QED) is 0.666. The van der Waals surface area contributed by atoms with Gasteiger partial charge < -0.3 is 0 Å². The topological polar surface area (TPSA) is 30.7 Å². The molecule has 12 heavy (non-hydrogen) atoms. The van der Waals surface area contributed by atoms with Gasteiger partial charge in [0.25, 0.3) is 0 Å². The molecule has 0 atom stereocenters. The van der Waals surface area contributed by atoms with E-state index in [9.17, 15) is 0 Å². The predicted molar refractivity (Wildman–Crippen MR) is 45.2 cm³/mol. The molecule has 2 aromatic rings. The lowest BCUT2D eigenvalue weighted by molar-refractivity contribution is 0.803. The third-order valence-corrected chi connectivity index (χ3v) is 1.69. The third-order valence-electron chi connectivity index (χ3n) is 1.45. The van der Waals surface area contributed by atoms with E-state index in [-0.39, 0.29) is 0 Å². The number of nitrogens with zero attached hydrogens (tertiary/aromatic N) is 3. The van der Waals surface area contributed by atoms with Gasteiger partial charge in [0.15, 0.2) is 0 Å². The molecule has 1 radical (unpaired) electrons. The van der Waals surface area contributed by atoms with E-state index in [4.69, 9.17) is 11.6 Å². The highest BCUT2D eigenvalue weighted by Crippen LogP contribution is 2.12. The van der Waals surface area contributed by atoms with E-state index in [1.165, 1.54) is 0 Å². The first-order valence-electron chi connectivity index (χ1n) is 3.40. The molecule has 0 aliphatic rings. The van der Waals surface area contributed by atoms with Crippen molar-refractivity contribution in [2.24, 2.45) is 0 Å². The molecule has 4 heteroatoms. The molecule has 1 aromatic carbocycles.